The van der Waals surface area contributed by atoms with Crippen molar-refractivity contribution in [3.8, 4) is 0 Å². The van der Waals surface area contributed by atoms with Crippen LogP contribution in [0.1, 0.15) is 33.9 Å². The monoisotopic (exact) mass is 498 g/mol. The van der Waals surface area contributed by atoms with E-state index in [0.29, 0.717) is 0 Å². The molecule has 1 aliphatic heterocycles. The van der Waals surface area contributed by atoms with Gasteiger partial charge in [0, 0.05) is 12.3 Å². The van der Waals surface area contributed by atoms with Crippen LogP contribution >= 0.6 is 0 Å². The number of aliphatic hydroxyl groups is 1. The molecule has 3 aromatic rings. The van der Waals surface area contributed by atoms with Gasteiger partial charge < -0.3 is 14.3 Å². The molecule has 0 bridgehead atoms. The molecule has 0 radical (unpaired) electrons. The molecule has 4 atom stereocenters. The first-order valence-electron chi connectivity index (χ1n) is 11.6. The van der Waals surface area contributed by atoms with Crippen LogP contribution in [0.25, 0.3) is 0 Å². The summed E-state index contributed by atoms with van der Waals surface area (Å²) in [6.07, 6.45) is -3.68. The van der Waals surface area contributed by atoms with Crippen LogP contribution < -0.4 is 21.6 Å². The second-order valence-corrected chi connectivity index (χ2v) is 14.5. The summed E-state index contributed by atoms with van der Waals surface area (Å²) in [7, 11) is -2.96. The summed E-state index contributed by atoms with van der Waals surface area (Å²) in [5.41, 5.74) is -2.85. The Kier molecular flexibility index (Phi) is 6.71. The van der Waals surface area contributed by atoms with Gasteiger partial charge in [0.15, 0.2) is 12.4 Å². The van der Waals surface area contributed by atoms with Crippen molar-refractivity contribution in [1.82, 2.24) is 9.55 Å². The van der Waals surface area contributed by atoms with E-state index < -0.39 is 43.7 Å². The van der Waals surface area contributed by atoms with E-state index in [2.05, 4.69) is 25.8 Å². The lowest BCUT2D eigenvalue weighted by atomic mass is 9.99. The van der Waals surface area contributed by atoms with Gasteiger partial charge in [-0.05, 0) is 22.3 Å². The van der Waals surface area contributed by atoms with Gasteiger partial charge in [0.25, 0.3) is 13.9 Å². The molecule has 9 heteroatoms. The zero-order valence-corrected chi connectivity index (χ0v) is 21.3. The maximum atomic E-state index is 15.3. The number of nitrogens with one attached hydrogen (secondary N) is 1. The van der Waals surface area contributed by atoms with Gasteiger partial charge in [-0.1, -0.05) is 81.4 Å². The Morgan fingerprint density at radius 3 is 2.09 bits per heavy atom. The normalized spacial score (nSPS) is 25.0. The minimum atomic E-state index is -2.96. The van der Waals surface area contributed by atoms with Crippen molar-refractivity contribution in [2.75, 3.05) is 6.61 Å². The first-order valence-corrected chi connectivity index (χ1v) is 13.5. The van der Waals surface area contributed by atoms with Gasteiger partial charge in [-0.3, -0.25) is 14.3 Å². The lowest BCUT2D eigenvalue weighted by Gasteiger charge is -2.44. The first kappa shape index (κ1) is 25.2. The van der Waals surface area contributed by atoms with Gasteiger partial charge in [-0.25, -0.2) is 9.18 Å². The molecule has 4 rings (SSSR count). The van der Waals surface area contributed by atoms with Gasteiger partial charge in [0.1, 0.15) is 11.7 Å². The quantitative estimate of drug-likeness (QED) is 0.508. The Bertz CT molecular complexity index is 1230. The lowest BCUT2D eigenvalue weighted by molar-refractivity contribution is -0.114. The number of benzene rings is 2. The average molecular weight is 499 g/mol. The van der Waals surface area contributed by atoms with Crippen LogP contribution in [0.4, 0.5) is 4.39 Å². The second-order valence-electron chi connectivity index (χ2n) is 10.2. The molecule has 7 nitrogen and oxygen atoms in total. The van der Waals surface area contributed by atoms with Crippen LogP contribution in [0.2, 0.25) is 5.04 Å². The highest BCUT2D eigenvalue weighted by molar-refractivity contribution is 6.99. The minimum absolute atomic E-state index is 0.101. The Balaban J connectivity index is 1.73. The molecule has 1 aliphatic rings. The van der Waals surface area contributed by atoms with Gasteiger partial charge in [0.05, 0.1) is 6.61 Å². The Hall–Kier alpha value is -2.85. The summed E-state index contributed by atoms with van der Waals surface area (Å²) >= 11 is 0. The highest BCUT2D eigenvalue weighted by Crippen LogP contribution is 2.42. The van der Waals surface area contributed by atoms with Gasteiger partial charge in [-0.2, -0.15) is 0 Å². The third-order valence-corrected chi connectivity index (χ3v) is 11.7. The molecule has 0 saturated carbocycles. The summed E-state index contributed by atoms with van der Waals surface area (Å²) in [6, 6.07) is 21.0. The summed E-state index contributed by atoms with van der Waals surface area (Å²) < 4.78 is 29.0. The fraction of sp³-hybridized carbons (Fsp3) is 0.385. The summed E-state index contributed by atoms with van der Waals surface area (Å²) in [4.78, 5) is 25.8. The van der Waals surface area contributed by atoms with E-state index in [9.17, 15) is 14.7 Å². The number of halogens is 1. The fourth-order valence-electron chi connectivity index (χ4n) is 4.87. The van der Waals surface area contributed by atoms with E-state index in [1.807, 2.05) is 60.7 Å². The fourth-order valence-corrected chi connectivity index (χ4v) is 9.53. The van der Waals surface area contributed by atoms with E-state index >= 15 is 4.39 Å². The third kappa shape index (κ3) is 4.45. The predicted octanol–water partition coefficient (Wildman–Crippen LogP) is 2.10. The molecule has 35 heavy (non-hydrogen) atoms. The molecule has 0 aliphatic carbocycles. The molecule has 1 fully saturated rings. The Morgan fingerprint density at radius 2 is 1.60 bits per heavy atom. The van der Waals surface area contributed by atoms with E-state index in [-0.39, 0.29) is 11.6 Å². The molecule has 1 saturated heterocycles. The van der Waals surface area contributed by atoms with Crippen LogP contribution in [-0.4, -0.2) is 47.5 Å². The van der Waals surface area contributed by atoms with Crippen LogP contribution in [0.3, 0.4) is 0 Å². The van der Waals surface area contributed by atoms with Crippen molar-refractivity contribution in [1.29, 1.82) is 0 Å². The van der Waals surface area contributed by atoms with Crippen molar-refractivity contribution >= 4 is 18.7 Å². The van der Waals surface area contributed by atoms with Crippen molar-refractivity contribution in [2.45, 2.75) is 56.8 Å². The van der Waals surface area contributed by atoms with Gasteiger partial charge in [-0.15, -0.1) is 0 Å². The van der Waals surface area contributed by atoms with E-state index in [1.165, 1.54) is 6.20 Å². The van der Waals surface area contributed by atoms with Crippen molar-refractivity contribution in [3.63, 3.8) is 0 Å². The van der Waals surface area contributed by atoms with Gasteiger partial charge in [0.2, 0.25) is 0 Å². The number of rotatable bonds is 6. The zero-order chi connectivity index (χ0) is 25.4. The second kappa shape index (κ2) is 9.31. The number of aromatic amines is 1. The molecule has 2 heterocycles. The third-order valence-electron chi connectivity index (χ3n) is 6.71. The first-order chi connectivity index (χ1) is 16.5. The maximum absolute atomic E-state index is 15.3. The van der Waals surface area contributed by atoms with Gasteiger partial charge >= 0.3 is 5.69 Å². The smallest absolute Gasteiger partial charge is 0.330 e. The molecule has 0 unspecified atom stereocenters. The number of ether oxygens (including phenoxy) is 1. The van der Waals surface area contributed by atoms with Crippen LogP contribution in [-0.2, 0) is 9.16 Å². The zero-order valence-electron chi connectivity index (χ0n) is 20.3. The molecule has 0 amide bonds. The maximum Gasteiger partial charge on any atom is 0.330 e. The highest BCUT2D eigenvalue weighted by atomic mass is 28.4. The molecule has 0 spiro atoms. The molecular weight excluding hydrogens is 467 g/mol. The SMILES string of the molecule is CC(C)(C)[Si](OC[C@@]1(C)O[C@@H](n2ccc(=O)[nH]c2=O)[C@H](F)[C@@H]1O)(c1ccccc1)c1ccccc1. The number of nitrogens with zero attached hydrogens (tertiary/aromatic N) is 1. The van der Waals surface area contributed by atoms with E-state index in [0.717, 1.165) is 21.0 Å². The number of aromatic nitrogens is 2. The summed E-state index contributed by atoms with van der Waals surface area (Å²) in [5, 5.41) is 12.6. The van der Waals surface area contributed by atoms with E-state index in [4.69, 9.17) is 9.16 Å². The van der Waals surface area contributed by atoms with Crippen molar-refractivity contribution in [2.24, 2.45) is 0 Å². The molecule has 2 N–H and O–H groups in total. The van der Waals surface area contributed by atoms with Crippen LogP contribution in [0.15, 0.2) is 82.5 Å². The number of hydrogen-bond acceptors (Lipinski definition) is 5. The van der Waals surface area contributed by atoms with Crippen molar-refractivity contribution < 1.29 is 18.7 Å². The lowest BCUT2D eigenvalue weighted by Crippen LogP contribution is -2.68. The molecule has 1 aromatic heterocycles. The number of alkyl halides is 1. The molecular formula is C26H31FN2O5Si. The Morgan fingerprint density at radius 1 is 1.06 bits per heavy atom. The number of H-pyrrole nitrogens is 1. The molecule has 2 aromatic carbocycles. The topological polar surface area (TPSA) is 93.5 Å². The number of hydrogen-bond donors (Lipinski definition) is 2. The Labute approximate surface area is 204 Å². The van der Waals surface area contributed by atoms with Crippen LogP contribution in [0, 0.1) is 0 Å². The average Bonchev–Trinajstić information content (AvgIpc) is 3.04. The van der Waals surface area contributed by atoms with Crippen molar-refractivity contribution in [3.05, 3.63) is 93.8 Å². The van der Waals surface area contributed by atoms with Crippen LogP contribution in [0.5, 0.6) is 0 Å². The number of aliphatic hydroxyl groups excluding tert-OH is 1. The predicted molar refractivity (Wildman–Crippen MR) is 134 cm³/mol. The minimum Gasteiger partial charge on any atom is -0.404 e. The summed E-state index contributed by atoms with van der Waals surface area (Å²) in [5.74, 6) is 0. The van der Waals surface area contributed by atoms with E-state index in [1.54, 1.807) is 6.92 Å². The standard InChI is InChI=1S/C26H31FN2O5Si/c1-25(2,3)35(18-11-7-5-8-12-18,19-13-9-6-10-14-19)33-17-26(4)22(31)21(27)23(34-26)29-16-15-20(30)28-24(29)32/h5-16,21-23,31H,17H2,1-4H3,(H,28,30,32)/t21-,22+,23-,26-/m1/s1. The summed E-state index contributed by atoms with van der Waals surface area (Å²) in [6.45, 7) is 7.84. The largest absolute Gasteiger partial charge is 0.404 e. The highest BCUT2D eigenvalue weighted by Gasteiger charge is 2.57. The molecule has 186 valence electrons.